The van der Waals surface area contributed by atoms with Crippen LogP contribution in [-0.4, -0.2) is 42.4 Å². The van der Waals surface area contributed by atoms with Gasteiger partial charge in [0.1, 0.15) is 6.54 Å². The zero-order valence-corrected chi connectivity index (χ0v) is 9.27. The van der Waals surface area contributed by atoms with E-state index in [4.69, 9.17) is 5.11 Å². The lowest BCUT2D eigenvalue weighted by Crippen LogP contribution is -2.49. The van der Waals surface area contributed by atoms with E-state index < -0.39 is 24.7 Å². The molecule has 0 aromatic heterocycles. The van der Waals surface area contributed by atoms with Crippen molar-refractivity contribution in [3.63, 3.8) is 0 Å². The number of halogens is 3. The third-order valence-electron chi connectivity index (χ3n) is 2.06. The number of hydrogen-bond acceptors (Lipinski definition) is 3. The van der Waals surface area contributed by atoms with Crippen LogP contribution in [0.3, 0.4) is 0 Å². The van der Waals surface area contributed by atoms with Crippen LogP contribution in [0.15, 0.2) is 0 Å². The summed E-state index contributed by atoms with van der Waals surface area (Å²) in [5, 5.41) is 13.3. The van der Waals surface area contributed by atoms with Crippen molar-refractivity contribution in [2.24, 2.45) is 0 Å². The van der Waals surface area contributed by atoms with Crippen LogP contribution in [0.2, 0.25) is 0 Å². The predicted molar refractivity (Wildman–Crippen MR) is 52.8 cm³/mol. The number of amides is 1. The largest absolute Gasteiger partial charge is 0.405 e. The Morgan fingerprint density at radius 1 is 1.44 bits per heavy atom. The summed E-state index contributed by atoms with van der Waals surface area (Å²) in [5.41, 5.74) is 0. The zero-order valence-electron chi connectivity index (χ0n) is 9.27. The Hall–Kier alpha value is -0.820. The van der Waals surface area contributed by atoms with Gasteiger partial charge in [-0.15, -0.1) is 0 Å². The molecule has 0 aromatic rings. The van der Waals surface area contributed by atoms with Crippen molar-refractivity contribution in [1.82, 2.24) is 10.6 Å². The molecule has 96 valence electrons. The van der Waals surface area contributed by atoms with Gasteiger partial charge in [0.05, 0.1) is 12.6 Å². The summed E-state index contributed by atoms with van der Waals surface area (Å²) in [5.74, 6) is -0.732. The van der Waals surface area contributed by atoms with Gasteiger partial charge < -0.3 is 15.7 Å². The minimum Gasteiger partial charge on any atom is -0.395 e. The van der Waals surface area contributed by atoms with Gasteiger partial charge >= 0.3 is 6.18 Å². The summed E-state index contributed by atoms with van der Waals surface area (Å²) in [6.07, 6.45) is -3.82. The molecule has 2 atom stereocenters. The average molecular weight is 242 g/mol. The Bertz CT molecular complexity index is 217. The Kier molecular flexibility index (Phi) is 6.35. The molecule has 0 aliphatic rings. The van der Waals surface area contributed by atoms with Crippen molar-refractivity contribution in [1.29, 1.82) is 0 Å². The quantitative estimate of drug-likeness (QED) is 0.632. The Labute approximate surface area is 92.2 Å². The molecule has 0 saturated heterocycles. The lowest BCUT2D eigenvalue weighted by molar-refractivity contribution is -0.139. The Balaban J connectivity index is 3.99. The van der Waals surface area contributed by atoms with Gasteiger partial charge in [0.15, 0.2) is 0 Å². The van der Waals surface area contributed by atoms with Crippen LogP contribution >= 0.6 is 0 Å². The molecule has 0 radical (unpaired) electrons. The Morgan fingerprint density at radius 2 is 2.00 bits per heavy atom. The lowest BCUT2D eigenvalue weighted by Gasteiger charge is -2.20. The van der Waals surface area contributed by atoms with Gasteiger partial charge in [-0.25, -0.2) is 0 Å². The van der Waals surface area contributed by atoms with Crippen LogP contribution in [0.25, 0.3) is 0 Å². The number of hydrogen-bond donors (Lipinski definition) is 3. The molecule has 0 saturated carbocycles. The fourth-order valence-corrected chi connectivity index (χ4v) is 1.07. The number of carbonyl (C=O) groups excluding carboxylic acids is 1. The fourth-order valence-electron chi connectivity index (χ4n) is 1.07. The summed E-state index contributed by atoms with van der Waals surface area (Å²) >= 11 is 0. The van der Waals surface area contributed by atoms with Crippen molar-refractivity contribution in [2.75, 3.05) is 13.2 Å². The number of aliphatic hydroxyl groups excluding tert-OH is 1. The first-order valence-electron chi connectivity index (χ1n) is 5.01. The maximum absolute atomic E-state index is 11.8. The topological polar surface area (TPSA) is 61.4 Å². The van der Waals surface area contributed by atoms with E-state index in [1.165, 1.54) is 6.92 Å². The number of nitrogens with one attached hydrogen (secondary N) is 2. The number of aliphatic hydroxyl groups is 1. The molecular weight excluding hydrogens is 225 g/mol. The molecule has 16 heavy (non-hydrogen) atoms. The van der Waals surface area contributed by atoms with Crippen LogP contribution in [0.1, 0.15) is 20.3 Å². The molecule has 0 fully saturated rings. The van der Waals surface area contributed by atoms with E-state index in [1.54, 1.807) is 12.2 Å². The SMILES string of the molecule is CCC(CO)NC(C)C(=O)NCC(F)(F)F. The second kappa shape index (κ2) is 6.70. The number of alkyl halides is 3. The molecule has 1 amide bonds. The van der Waals surface area contributed by atoms with Gasteiger partial charge in [-0.2, -0.15) is 13.2 Å². The van der Waals surface area contributed by atoms with Crippen molar-refractivity contribution < 1.29 is 23.1 Å². The highest BCUT2D eigenvalue weighted by atomic mass is 19.4. The van der Waals surface area contributed by atoms with Gasteiger partial charge in [0, 0.05) is 6.04 Å². The minimum absolute atomic E-state index is 0.159. The molecular formula is C9H17F3N2O2. The molecule has 2 unspecified atom stereocenters. The monoisotopic (exact) mass is 242 g/mol. The summed E-state index contributed by atoms with van der Waals surface area (Å²) in [7, 11) is 0. The van der Waals surface area contributed by atoms with Gasteiger partial charge in [0.25, 0.3) is 0 Å². The smallest absolute Gasteiger partial charge is 0.395 e. The third-order valence-corrected chi connectivity index (χ3v) is 2.06. The highest BCUT2D eigenvalue weighted by Gasteiger charge is 2.28. The Morgan fingerprint density at radius 3 is 2.38 bits per heavy atom. The normalized spacial score (nSPS) is 15.6. The van der Waals surface area contributed by atoms with E-state index in [9.17, 15) is 18.0 Å². The van der Waals surface area contributed by atoms with Crippen LogP contribution in [0.5, 0.6) is 0 Å². The molecule has 7 heteroatoms. The predicted octanol–water partition coefficient (Wildman–Crippen LogP) is 0.414. The first kappa shape index (κ1) is 15.2. The van der Waals surface area contributed by atoms with Gasteiger partial charge in [-0.3, -0.25) is 4.79 Å². The van der Waals surface area contributed by atoms with E-state index in [-0.39, 0.29) is 12.6 Å². The zero-order chi connectivity index (χ0) is 12.8. The number of rotatable bonds is 6. The van der Waals surface area contributed by atoms with Crippen LogP contribution in [0.4, 0.5) is 13.2 Å². The standard InChI is InChI=1S/C9H17F3N2O2/c1-3-7(4-15)14-6(2)8(16)13-5-9(10,11)12/h6-7,14-15H,3-5H2,1-2H3,(H,13,16). The maximum atomic E-state index is 11.8. The first-order chi connectivity index (χ1) is 7.30. The average Bonchev–Trinajstić information content (AvgIpc) is 2.20. The molecule has 0 aliphatic carbocycles. The van der Waals surface area contributed by atoms with Crippen molar-refractivity contribution in [2.45, 2.75) is 38.5 Å². The van der Waals surface area contributed by atoms with Crippen molar-refractivity contribution in [3.05, 3.63) is 0 Å². The molecule has 4 nitrogen and oxygen atoms in total. The van der Waals surface area contributed by atoms with E-state index in [2.05, 4.69) is 5.32 Å². The summed E-state index contributed by atoms with van der Waals surface area (Å²) in [6.45, 7) is 1.75. The third kappa shape index (κ3) is 6.62. The van der Waals surface area contributed by atoms with E-state index in [0.29, 0.717) is 6.42 Å². The van der Waals surface area contributed by atoms with Gasteiger partial charge in [-0.1, -0.05) is 6.92 Å². The molecule has 0 aromatic carbocycles. The van der Waals surface area contributed by atoms with E-state index >= 15 is 0 Å². The van der Waals surface area contributed by atoms with E-state index in [0.717, 1.165) is 0 Å². The molecule has 0 rings (SSSR count). The first-order valence-corrected chi connectivity index (χ1v) is 5.01. The van der Waals surface area contributed by atoms with Crippen LogP contribution < -0.4 is 10.6 Å². The van der Waals surface area contributed by atoms with Crippen LogP contribution in [0, 0.1) is 0 Å². The van der Waals surface area contributed by atoms with Crippen molar-refractivity contribution in [3.8, 4) is 0 Å². The molecule has 0 heterocycles. The van der Waals surface area contributed by atoms with E-state index in [1.807, 2.05) is 0 Å². The summed E-state index contributed by atoms with van der Waals surface area (Å²) in [6, 6.07) is -1.05. The number of carbonyl (C=O) groups is 1. The second-order valence-corrected chi connectivity index (χ2v) is 3.51. The molecule has 0 aliphatic heterocycles. The fraction of sp³-hybridized carbons (Fsp3) is 0.889. The lowest BCUT2D eigenvalue weighted by atomic mass is 10.2. The highest BCUT2D eigenvalue weighted by Crippen LogP contribution is 2.12. The summed E-state index contributed by atoms with van der Waals surface area (Å²) < 4.78 is 35.4. The molecule has 3 N–H and O–H groups in total. The highest BCUT2D eigenvalue weighted by molar-refractivity contribution is 5.81. The summed E-state index contributed by atoms with van der Waals surface area (Å²) in [4.78, 5) is 11.2. The molecule has 0 bridgehead atoms. The minimum atomic E-state index is -4.41. The second-order valence-electron chi connectivity index (χ2n) is 3.51. The maximum Gasteiger partial charge on any atom is 0.405 e. The van der Waals surface area contributed by atoms with Crippen LogP contribution in [-0.2, 0) is 4.79 Å². The van der Waals surface area contributed by atoms with Crippen molar-refractivity contribution >= 4 is 5.91 Å². The van der Waals surface area contributed by atoms with Gasteiger partial charge in [0.2, 0.25) is 5.91 Å². The van der Waals surface area contributed by atoms with Gasteiger partial charge in [-0.05, 0) is 13.3 Å². The molecule has 0 spiro atoms.